The minimum atomic E-state index is -1.05. The van der Waals surface area contributed by atoms with E-state index in [0.29, 0.717) is 23.3 Å². The third-order valence-corrected chi connectivity index (χ3v) is 12.7. The van der Waals surface area contributed by atoms with Crippen LogP contribution in [0.5, 0.6) is 0 Å². The average Bonchev–Trinajstić information content (AvgIpc) is 3.45. The molecule has 0 nitrogen and oxygen atoms in total. The molecule has 0 saturated heterocycles. The maximum atomic E-state index is 2.59. The summed E-state index contributed by atoms with van der Waals surface area (Å²) in [5.74, 6) is 1.59. The lowest BCUT2D eigenvalue weighted by atomic mass is 9.83. The van der Waals surface area contributed by atoms with Crippen molar-refractivity contribution in [2.24, 2.45) is 5.92 Å². The molecule has 0 aromatic heterocycles. The molecule has 0 amide bonds. The molecule has 2 unspecified atom stereocenters. The van der Waals surface area contributed by atoms with Crippen LogP contribution in [0.15, 0.2) is 78.4 Å². The Labute approximate surface area is 230 Å². The first kappa shape index (κ1) is 23.9. The molecule has 2 atom stereocenters. The molecule has 1 radical (unpaired) electrons. The van der Waals surface area contributed by atoms with Crippen LogP contribution in [0.4, 0.5) is 0 Å². The van der Waals surface area contributed by atoms with Crippen LogP contribution in [-0.4, -0.2) is 8.80 Å². The van der Waals surface area contributed by atoms with E-state index in [1.54, 1.807) is 21.5 Å². The fraction of sp³-hybridized carbons (Fsp3) is 0.297. The fourth-order valence-corrected chi connectivity index (χ4v) is 11.1. The summed E-state index contributed by atoms with van der Waals surface area (Å²) in [6.45, 7) is 14.2. The molecule has 38 heavy (non-hydrogen) atoms. The van der Waals surface area contributed by atoms with E-state index in [-0.39, 0.29) is 0 Å². The van der Waals surface area contributed by atoms with Crippen LogP contribution in [0.3, 0.4) is 0 Å². The zero-order valence-corrected chi connectivity index (χ0v) is 24.5. The molecule has 1 heteroatoms. The number of fused-ring (bicyclic) bond motifs is 6. The third-order valence-electron chi connectivity index (χ3n) is 9.42. The molecule has 2 bridgehead atoms. The van der Waals surface area contributed by atoms with Gasteiger partial charge >= 0.3 is 0 Å². The Kier molecular flexibility index (Phi) is 5.46. The number of allylic oxidation sites excluding steroid dienone is 1. The van der Waals surface area contributed by atoms with Gasteiger partial charge in [-0.15, -0.1) is 0 Å². The molecule has 2 heterocycles. The van der Waals surface area contributed by atoms with Crippen LogP contribution in [0.25, 0.3) is 39.5 Å². The topological polar surface area (TPSA) is 0 Å². The third kappa shape index (κ3) is 3.27. The van der Waals surface area contributed by atoms with E-state index in [0.717, 1.165) is 0 Å². The first-order chi connectivity index (χ1) is 18.4. The molecule has 4 aromatic carbocycles. The standard InChI is InChI=1S/C37H37Si/c1-7-23(6)32-20-24-15-16-29-31-13-10-12-30-28-11-8-9-14-33(28)38(36(30)31)37(32)35(24)34(29)27-18-25(21(2)3)17-26(19-27)22(4)5/h8-23,37H,7H2,1-6H3. The second-order valence-electron chi connectivity index (χ2n) is 12.3. The van der Waals surface area contributed by atoms with Crippen LogP contribution in [0.2, 0.25) is 0 Å². The summed E-state index contributed by atoms with van der Waals surface area (Å²) in [6, 6.07) is 28.8. The SMILES string of the molecule is CCC(C)C1=Cc2ccc3c(-c4cc(C(C)C)cc(C(C)C)c4)c2C1[Si]1c2ccccc2-c2cccc-3c21. The monoisotopic (exact) mass is 509 g/mol. The number of hydrogen-bond donors (Lipinski definition) is 0. The van der Waals surface area contributed by atoms with Crippen LogP contribution < -0.4 is 10.4 Å². The molecule has 7 rings (SSSR count). The van der Waals surface area contributed by atoms with Crippen molar-refractivity contribution >= 4 is 25.2 Å². The van der Waals surface area contributed by atoms with Crippen LogP contribution in [-0.2, 0) is 0 Å². The first-order valence-corrected chi connectivity index (χ1v) is 16.1. The Morgan fingerprint density at radius 1 is 0.711 bits per heavy atom. The van der Waals surface area contributed by atoms with Gasteiger partial charge in [0.15, 0.2) is 0 Å². The van der Waals surface area contributed by atoms with Crippen molar-refractivity contribution in [1.82, 2.24) is 0 Å². The molecule has 0 spiro atoms. The summed E-state index contributed by atoms with van der Waals surface area (Å²) in [4.78, 5) is 0. The smallest absolute Gasteiger partial charge is 0.0648 e. The van der Waals surface area contributed by atoms with Gasteiger partial charge in [-0.2, -0.15) is 0 Å². The van der Waals surface area contributed by atoms with Crippen molar-refractivity contribution in [2.75, 3.05) is 0 Å². The van der Waals surface area contributed by atoms with E-state index in [9.17, 15) is 0 Å². The van der Waals surface area contributed by atoms with Gasteiger partial charge in [0.05, 0.1) is 0 Å². The van der Waals surface area contributed by atoms with Crippen molar-refractivity contribution in [1.29, 1.82) is 0 Å². The van der Waals surface area contributed by atoms with Gasteiger partial charge in [-0.3, -0.25) is 0 Å². The maximum Gasteiger partial charge on any atom is 0.135 e. The highest BCUT2D eigenvalue weighted by Crippen LogP contribution is 2.53. The van der Waals surface area contributed by atoms with Gasteiger partial charge in [0.1, 0.15) is 8.80 Å². The second-order valence-corrected chi connectivity index (χ2v) is 14.7. The molecule has 1 aliphatic carbocycles. The highest BCUT2D eigenvalue weighted by molar-refractivity contribution is 6.92. The van der Waals surface area contributed by atoms with Crippen molar-refractivity contribution < 1.29 is 0 Å². The summed E-state index contributed by atoms with van der Waals surface area (Å²) in [6.07, 6.45) is 3.77. The van der Waals surface area contributed by atoms with Gasteiger partial charge in [-0.25, -0.2) is 0 Å². The van der Waals surface area contributed by atoms with Crippen molar-refractivity contribution in [3.8, 4) is 33.4 Å². The van der Waals surface area contributed by atoms with Crippen LogP contribution in [0.1, 0.15) is 87.6 Å². The van der Waals surface area contributed by atoms with Gasteiger partial charge in [-0.1, -0.05) is 126 Å². The van der Waals surface area contributed by atoms with Gasteiger partial charge in [-0.05, 0) is 90.2 Å². The van der Waals surface area contributed by atoms with Crippen LogP contribution >= 0.6 is 0 Å². The molecular formula is C37H37Si. The second kappa shape index (κ2) is 8.68. The molecule has 3 aliphatic rings. The highest BCUT2D eigenvalue weighted by Gasteiger charge is 2.47. The first-order valence-electron chi connectivity index (χ1n) is 14.5. The predicted octanol–water partition coefficient (Wildman–Crippen LogP) is 8.94. The molecule has 2 aliphatic heterocycles. The molecule has 0 N–H and O–H groups in total. The average molecular weight is 510 g/mol. The summed E-state index contributed by atoms with van der Waals surface area (Å²) in [7, 11) is -1.05. The zero-order chi connectivity index (χ0) is 26.3. The maximum absolute atomic E-state index is 2.59. The van der Waals surface area contributed by atoms with Gasteiger partial charge in [0, 0.05) is 5.54 Å². The lowest BCUT2D eigenvalue weighted by Crippen LogP contribution is -2.45. The normalized spacial score (nSPS) is 17.5. The van der Waals surface area contributed by atoms with Crippen molar-refractivity contribution in [3.63, 3.8) is 0 Å². The predicted molar refractivity (Wildman–Crippen MR) is 166 cm³/mol. The molecular weight excluding hydrogens is 472 g/mol. The van der Waals surface area contributed by atoms with Crippen molar-refractivity contribution in [2.45, 2.75) is 65.3 Å². The van der Waals surface area contributed by atoms with Gasteiger partial charge in [0.2, 0.25) is 0 Å². The Hall–Kier alpha value is -3.16. The Bertz CT molecular complexity index is 1610. The molecule has 0 saturated carbocycles. The molecule has 189 valence electrons. The summed E-state index contributed by atoms with van der Waals surface area (Å²) in [5, 5.41) is 3.26. The highest BCUT2D eigenvalue weighted by atomic mass is 28.3. The lowest BCUT2D eigenvalue weighted by molar-refractivity contribution is 0.641. The minimum Gasteiger partial charge on any atom is -0.0648 e. The number of hydrogen-bond acceptors (Lipinski definition) is 0. The van der Waals surface area contributed by atoms with E-state index in [2.05, 4.69) is 120 Å². The van der Waals surface area contributed by atoms with E-state index >= 15 is 0 Å². The summed E-state index contributed by atoms with van der Waals surface area (Å²) >= 11 is 0. The quantitative estimate of drug-likeness (QED) is 0.236. The molecule has 0 fully saturated rings. The van der Waals surface area contributed by atoms with E-state index in [4.69, 9.17) is 0 Å². The van der Waals surface area contributed by atoms with E-state index in [1.807, 2.05) is 0 Å². The van der Waals surface area contributed by atoms with E-state index < -0.39 is 8.80 Å². The lowest BCUT2D eigenvalue weighted by Gasteiger charge is -2.27. The Morgan fingerprint density at radius 2 is 1.37 bits per heavy atom. The van der Waals surface area contributed by atoms with Gasteiger partial charge in [0.25, 0.3) is 0 Å². The minimum absolute atomic E-state index is 0.483. The number of benzene rings is 4. The van der Waals surface area contributed by atoms with Crippen molar-refractivity contribution in [3.05, 3.63) is 101 Å². The zero-order valence-electron chi connectivity index (χ0n) is 23.5. The summed E-state index contributed by atoms with van der Waals surface area (Å²) < 4.78 is 0. The van der Waals surface area contributed by atoms with Crippen LogP contribution in [0, 0.1) is 5.92 Å². The molecule has 4 aromatic rings. The Morgan fingerprint density at radius 3 is 2.05 bits per heavy atom. The Balaban J connectivity index is 1.60. The largest absolute Gasteiger partial charge is 0.135 e. The van der Waals surface area contributed by atoms with Gasteiger partial charge < -0.3 is 0 Å². The van der Waals surface area contributed by atoms with E-state index in [1.165, 1.54) is 56.5 Å². The summed E-state index contributed by atoms with van der Waals surface area (Å²) in [5.41, 5.74) is 16.9. The number of rotatable bonds is 5. The fourth-order valence-electron chi connectivity index (χ4n) is 7.18.